The predicted molar refractivity (Wildman–Crippen MR) is 129 cm³/mol. The summed E-state index contributed by atoms with van der Waals surface area (Å²) >= 11 is 0. The van der Waals surface area contributed by atoms with E-state index < -0.39 is 5.82 Å². The number of hydrogen-bond donors (Lipinski definition) is 1. The molecule has 0 bridgehead atoms. The number of allylic oxidation sites excluding steroid dienone is 2. The molecule has 0 radical (unpaired) electrons. The Labute approximate surface area is 184 Å². The van der Waals surface area contributed by atoms with Gasteiger partial charge in [0.2, 0.25) is 0 Å². The molecule has 1 aliphatic heterocycles. The molecule has 1 aromatic heterocycles. The number of nitrogens with one attached hydrogen (secondary N) is 1. The average Bonchev–Trinajstić information content (AvgIpc) is 2.83. The molecule has 32 heavy (non-hydrogen) atoms. The Hall–Kier alpha value is -4.13. The summed E-state index contributed by atoms with van der Waals surface area (Å²) in [5, 5.41) is 4.29. The van der Waals surface area contributed by atoms with Gasteiger partial charge in [-0.25, -0.2) is 9.38 Å². The summed E-state index contributed by atoms with van der Waals surface area (Å²) < 4.78 is 15.5. The van der Waals surface area contributed by atoms with Crippen molar-refractivity contribution in [2.45, 2.75) is 13.0 Å². The first-order chi connectivity index (χ1) is 15.5. The number of nitrogens with zero attached hydrogens (tertiary/aromatic N) is 4. The van der Waals surface area contributed by atoms with E-state index in [1.165, 1.54) is 12.1 Å². The molecular formula is C25H22FN5O. The maximum Gasteiger partial charge on any atom is 0.263 e. The van der Waals surface area contributed by atoms with Crippen LogP contribution < -0.4 is 10.9 Å². The standard InChI is InChI=1S/C25H22FN5O/c1-16(30-24(28-3)23-21(27-2)10-7-13-29-23)22-14-17-11-12-18(26)15-20(17)25(32)31(22)19-8-5-4-6-9-19/h4-16,30H,3H2,1-2H3/b24-23-,27-21-/t16-/m0/s1. The van der Waals surface area contributed by atoms with Crippen LogP contribution in [0, 0.1) is 5.82 Å². The van der Waals surface area contributed by atoms with E-state index in [-0.39, 0.29) is 11.6 Å². The lowest BCUT2D eigenvalue weighted by atomic mass is 10.1. The normalized spacial score (nSPS) is 16.9. The van der Waals surface area contributed by atoms with Gasteiger partial charge in [0.05, 0.1) is 17.1 Å². The fraction of sp³-hybridized carbons (Fsp3) is 0.120. The van der Waals surface area contributed by atoms with Gasteiger partial charge in [-0.1, -0.05) is 24.3 Å². The van der Waals surface area contributed by atoms with Crippen LogP contribution in [0.4, 0.5) is 4.39 Å². The minimum absolute atomic E-state index is 0.299. The summed E-state index contributed by atoms with van der Waals surface area (Å²) in [5.41, 5.74) is 2.30. The molecule has 0 amide bonds. The van der Waals surface area contributed by atoms with Crippen molar-refractivity contribution < 1.29 is 4.39 Å². The monoisotopic (exact) mass is 427 g/mol. The van der Waals surface area contributed by atoms with Crippen molar-refractivity contribution in [2.24, 2.45) is 15.0 Å². The minimum atomic E-state index is -0.453. The highest BCUT2D eigenvalue weighted by Gasteiger charge is 2.19. The molecule has 2 aromatic carbocycles. The fourth-order valence-electron chi connectivity index (χ4n) is 3.69. The van der Waals surface area contributed by atoms with Crippen LogP contribution in [-0.2, 0) is 0 Å². The third-order valence-corrected chi connectivity index (χ3v) is 5.23. The first kappa shape index (κ1) is 21.1. The van der Waals surface area contributed by atoms with Crippen molar-refractivity contribution in [1.29, 1.82) is 0 Å². The van der Waals surface area contributed by atoms with E-state index in [0.29, 0.717) is 39.4 Å². The molecule has 0 spiro atoms. The van der Waals surface area contributed by atoms with E-state index in [1.54, 1.807) is 30.0 Å². The molecular weight excluding hydrogens is 405 g/mol. The predicted octanol–water partition coefficient (Wildman–Crippen LogP) is 4.36. The molecule has 0 unspecified atom stereocenters. The highest BCUT2D eigenvalue weighted by atomic mass is 19.1. The second-order valence-electron chi connectivity index (χ2n) is 7.24. The first-order valence-electron chi connectivity index (χ1n) is 10.1. The molecule has 2 heterocycles. The molecule has 0 saturated heterocycles. The Morgan fingerprint density at radius 3 is 2.69 bits per heavy atom. The summed E-state index contributed by atoms with van der Waals surface area (Å²) in [6.07, 6.45) is 5.29. The van der Waals surface area contributed by atoms with Crippen LogP contribution in [0.15, 0.2) is 98.0 Å². The van der Waals surface area contributed by atoms with Gasteiger partial charge in [-0.05, 0) is 61.5 Å². The van der Waals surface area contributed by atoms with E-state index in [0.717, 1.165) is 0 Å². The van der Waals surface area contributed by atoms with Crippen molar-refractivity contribution in [3.8, 4) is 5.69 Å². The van der Waals surface area contributed by atoms with Crippen molar-refractivity contribution in [2.75, 3.05) is 7.05 Å². The van der Waals surface area contributed by atoms with Crippen molar-refractivity contribution in [1.82, 2.24) is 9.88 Å². The topological polar surface area (TPSA) is 71.1 Å². The Morgan fingerprint density at radius 1 is 1.19 bits per heavy atom. The molecule has 6 nitrogen and oxygen atoms in total. The summed E-state index contributed by atoms with van der Waals surface area (Å²) in [7, 11) is 1.68. The molecule has 0 fully saturated rings. The van der Waals surface area contributed by atoms with Crippen LogP contribution in [0.5, 0.6) is 0 Å². The SMILES string of the molecule is C=N/C(N[C@@H](C)c1cc2ccc(F)cc2c(=O)n1-c1ccccc1)=C1/N=CC=C/C1=N/C. The summed E-state index contributed by atoms with van der Waals surface area (Å²) in [6, 6.07) is 15.0. The van der Waals surface area contributed by atoms with E-state index in [1.807, 2.05) is 49.4 Å². The van der Waals surface area contributed by atoms with E-state index >= 15 is 0 Å². The lowest BCUT2D eigenvalue weighted by Gasteiger charge is -2.22. The first-order valence-corrected chi connectivity index (χ1v) is 10.1. The molecule has 1 aliphatic rings. The van der Waals surface area contributed by atoms with Crippen LogP contribution in [0.2, 0.25) is 0 Å². The van der Waals surface area contributed by atoms with Crippen molar-refractivity contribution in [3.05, 3.63) is 100 Å². The molecule has 3 aromatic rings. The summed E-state index contributed by atoms with van der Waals surface area (Å²) in [5.74, 6) is -0.00410. The Kier molecular flexibility index (Phi) is 5.89. The van der Waals surface area contributed by atoms with Gasteiger partial charge in [0.15, 0.2) is 5.82 Å². The van der Waals surface area contributed by atoms with Crippen LogP contribution in [0.25, 0.3) is 16.5 Å². The maximum absolute atomic E-state index is 13.9. The smallest absolute Gasteiger partial charge is 0.263 e. The molecule has 0 saturated carbocycles. The third-order valence-electron chi connectivity index (χ3n) is 5.23. The average molecular weight is 427 g/mol. The lowest BCUT2D eigenvalue weighted by molar-refractivity contribution is 0.607. The molecule has 1 atom stereocenters. The highest BCUT2D eigenvalue weighted by Crippen LogP contribution is 2.24. The van der Waals surface area contributed by atoms with Crippen LogP contribution in [-0.4, -0.2) is 30.3 Å². The quantitative estimate of drug-likeness (QED) is 0.615. The van der Waals surface area contributed by atoms with Gasteiger partial charge in [0, 0.05) is 24.6 Å². The summed E-state index contributed by atoms with van der Waals surface area (Å²) in [4.78, 5) is 26.2. The highest BCUT2D eigenvalue weighted by molar-refractivity contribution is 6.13. The van der Waals surface area contributed by atoms with E-state index in [2.05, 4.69) is 27.0 Å². The molecule has 1 N–H and O–H groups in total. The number of halogens is 1. The number of aromatic nitrogens is 1. The number of rotatable bonds is 5. The zero-order valence-electron chi connectivity index (χ0n) is 17.8. The molecule has 160 valence electrons. The number of benzene rings is 2. The lowest BCUT2D eigenvalue weighted by Crippen LogP contribution is -2.29. The number of dihydropyridines is 1. The number of para-hydroxylation sites is 1. The second-order valence-corrected chi connectivity index (χ2v) is 7.24. The van der Waals surface area contributed by atoms with Gasteiger partial charge in [-0.2, -0.15) is 0 Å². The summed E-state index contributed by atoms with van der Waals surface area (Å²) in [6.45, 7) is 5.59. The largest absolute Gasteiger partial charge is 0.360 e. The van der Waals surface area contributed by atoms with Gasteiger partial charge in [0.25, 0.3) is 5.56 Å². The number of hydrogen-bond acceptors (Lipinski definition) is 5. The van der Waals surface area contributed by atoms with Crippen molar-refractivity contribution >= 4 is 29.4 Å². The minimum Gasteiger partial charge on any atom is -0.360 e. The van der Waals surface area contributed by atoms with Crippen LogP contribution in [0.1, 0.15) is 18.7 Å². The van der Waals surface area contributed by atoms with Gasteiger partial charge < -0.3 is 5.32 Å². The zero-order chi connectivity index (χ0) is 22.7. The fourth-order valence-corrected chi connectivity index (χ4v) is 3.69. The molecule has 7 heteroatoms. The third kappa shape index (κ3) is 3.92. The second kappa shape index (κ2) is 8.93. The number of aliphatic imine (C=N–C) groups is 3. The van der Waals surface area contributed by atoms with Crippen molar-refractivity contribution in [3.63, 3.8) is 0 Å². The van der Waals surface area contributed by atoms with E-state index in [9.17, 15) is 9.18 Å². The zero-order valence-corrected chi connectivity index (χ0v) is 17.8. The van der Waals surface area contributed by atoms with Crippen LogP contribution >= 0.6 is 0 Å². The van der Waals surface area contributed by atoms with Gasteiger partial charge >= 0.3 is 0 Å². The van der Waals surface area contributed by atoms with Crippen LogP contribution in [0.3, 0.4) is 0 Å². The number of fused-ring (bicyclic) bond motifs is 1. The Morgan fingerprint density at radius 2 is 1.97 bits per heavy atom. The molecule has 0 aliphatic carbocycles. The van der Waals surface area contributed by atoms with Gasteiger partial charge in [0.1, 0.15) is 11.5 Å². The molecule has 4 rings (SSSR count). The van der Waals surface area contributed by atoms with Gasteiger partial charge in [-0.15, -0.1) is 0 Å². The Balaban J connectivity index is 1.89. The Bertz CT molecular complexity index is 1370. The van der Waals surface area contributed by atoms with Gasteiger partial charge in [-0.3, -0.25) is 19.3 Å². The maximum atomic E-state index is 13.9. The van der Waals surface area contributed by atoms with E-state index in [4.69, 9.17) is 0 Å². The number of pyridine rings is 1.